The molecule has 1 aliphatic rings. The van der Waals surface area contributed by atoms with Crippen LogP contribution in [0.25, 0.3) is 0 Å². The molecule has 8 heteroatoms. The summed E-state index contributed by atoms with van der Waals surface area (Å²) >= 11 is 0. The number of amides is 1. The first kappa shape index (κ1) is 22.8. The van der Waals surface area contributed by atoms with E-state index in [1.165, 1.54) is 16.4 Å². The van der Waals surface area contributed by atoms with Crippen molar-refractivity contribution in [2.75, 3.05) is 24.0 Å². The van der Waals surface area contributed by atoms with Crippen LogP contribution < -0.4 is 14.4 Å². The molecule has 0 aromatic heterocycles. The molecule has 3 aromatic carbocycles. The molecule has 1 amide bonds. The maximum Gasteiger partial charge on any atom is 0.264 e. The summed E-state index contributed by atoms with van der Waals surface area (Å²) in [4.78, 5) is 13.0. The summed E-state index contributed by atoms with van der Waals surface area (Å²) in [6, 6.07) is 23.2. The third kappa shape index (κ3) is 5.35. The number of nitrogens with zero attached hydrogens (tertiary/aromatic N) is 1. The van der Waals surface area contributed by atoms with Crippen LogP contribution in [0, 0.1) is 6.92 Å². The number of rotatable bonds is 8. The van der Waals surface area contributed by atoms with Crippen LogP contribution in [-0.2, 0) is 26.2 Å². The van der Waals surface area contributed by atoms with Gasteiger partial charge >= 0.3 is 0 Å². The van der Waals surface area contributed by atoms with Gasteiger partial charge in [-0.1, -0.05) is 54.6 Å². The molecular formula is C25H26N2O5S. The standard InChI is InChI=1S/C25H26N2O5S/c1-19-12-13-22-23(16-19)32-24(17-27(22)33(29,30)21-10-6-3-7-11-21)25(28)26-14-15-31-18-20-8-4-2-5-9-20/h2-13,16,24H,14-15,17-18H2,1H3,(H,26,28)/t24-/m0/s1. The molecule has 0 aliphatic carbocycles. The summed E-state index contributed by atoms with van der Waals surface area (Å²) < 4.78 is 39.5. The lowest BCUT2D eigenvalue weighted by molar-refractivity contribution is -0.128. The summed E-state index contributed by atoms with van der Waals surface area (Å²) in [5.41, 5.74) is 2.37. The summed E-state index contributed by atoms with van der Waals surface area (Å²) in [5.74, 6) is -0.0278. The number of sulfonamides is 1. The number of carbonyl (C=O) groups excluding carboxylic acids is 1. The first-order chi connectivity index (χ1) is 15.9. The molecule has 0 fully saturated rings. The molecule has 4 rings (SSSR count). The molecule has 0 saturated heterocycles. The van der Waals surface area contributed by atoms with Crippen LogP contribution in [0.3, 0.4) is 0 Å². The van der Waals surface area contributed by atoms with Crippen molar-refractivity contribution in [3.05, 3.63) is 90.0 Å². The Labute approximate surface area is 194 Å². The quantitative estimate of drug-likeness (QED) is 0.515. The number of nitrogens with one attached hydrogen (secondary N) is 1. The predicted molar refractivity (Wildman–Crippen MR) is 126 cm³/mol. The van der Waals surface area contributed by atoms with Gasteiger partial charge in [-0.15, -0.1) is 0 Å². The topological polar surface area (TPSA) is 84.9 Å². The van der Waals surface area contributed by atoms with Crippen molar-refractivity contribution in [3.8, 4) is 5.75 Å². The van der Waals surface area contributed by atoms with Gasteiger partial charge in [-0.05, 0) is 42.3 Å². The minimum Gasteiger partial charge on any atom is -0.476 e. The molecule has 1 aliphatic heterocycles. The van der Waals surface area contributed by atoms with Gasteiger partial charge in [0, 0.05) is 6.54 Å². The highest BCUT2D eigenvalue weighted by atomic mass is 32.2. The van der Waals surface area contributed by atoms with Gasteiger partial charge in [0.05, 0.1) is 30.3 Å². The third-order valence-electron chi connectivity index (χ3n) is 5.27. The Morgan fingerprint density at radius 1 is 1.06 bits per heavy atom. The molecule has 0 spiro atoms. The lowest BCUT2D eigenvalue weighted by Gasteiger charge is -2.35. The minimum absolute atomic E-state index is 0.121. The van der Waals surface area contributed by atoms with E-state index in [4.69, 9.17) is 9.47 Å². The number of fused-ring (bicyclic) bond motifs is 1. The fourth-order valence-corrected chi connectivity index (χ4v) is 5.07. The number of carbonyl (C=O) groups is 1. The van der Waals surface area contributed by atoms with Crippen molar-refractivity contribution in [2.45, 2.75) is 24.5 Å². The van der Waals surface area contributed by atoms with Crippen LogP contribution >= 0.6 is 0 Å². The van der Waals surface area contributed by atoms with Gasteiger partial charge in [-0.2, -0.15) is 0 Å². The Morgan fingerprint density at radius 2 is 1.76 bits per heavy atom. The van der Waals surface area contributed by atoms with Crippen molar-refractivity contribution in [1.82, 2.24) is 5.32 Å². The molecule has 0 unspecified atom stereocenters. The summed E-state index contributed by atoms with van der Waals surface area (Å²) in [5, 5.41) is 2.79. The van der Waals surface area contributed by atoms with Gasteiger partial charge in [0.1, 0.15) is 5.75 Å². The monoisotopic (exact) mass is 466 g/mol. The molecule has 172 valence electrons. The van der Waals surface area contributed by atoms with Crippen molar-refractivity contribution in [2.24, 2.45) is 0 Å². The van der Waals surface area contributed by atoms with E-state index >= 15 is 0 Å². The van der Waals surface area contributed by atoms with Crippen LogP contribution in [0.4, 0.5) is 5.69 Å². The highest BCUT2D eigenvalue weighted by Crippen LogP contribution is 2.37. The van der Waals surface area contributed by atoms with E-state index < -0.39 is 22.0 Å². The maximum absolute atomic E-state index is 13.4. The third-order valence-corrected chi connectivity index (χ3v) is 7.06. The molecule has 1 heterocycles. The maximum atomic E-state index is 13.4. The lowest BCUT2D eigenvalue weighted by Crippen LogP contribution is -2.51. The zero-order valence-electron chi connectivity index (χ0n) is 18.3. The Balaban J connectivity index is 1.44. The van der Waals surface area contributed by atoms with Crippen LogP contribution in [0.2, 0.25) is 0 Å². The summed E-state index contributed by atoms with van der Waals surface area (Å²) in [6.07, 6.45) is -0.980. The molecule has 1 atom stereocenters. The Kier molecular flexibility index (Phi) is 6.96. The number of anilines is 1. The number of hydrogen-bond acceptors (Lipinski definition) is 5. The highest BCUT2D eigenvalue weighted by molar-refractivity contribution is 7.92. The van der Waals surface area contributed by atoms with Crippen LogP contribution in [0.5, 0.6) is 5.75 Å². The zero-order valence-corrected chi connectivity index (χ0v) is 19.1. The van der Waals surface area contributed by atoms with Gasteiger partial charge in [0.15, 0.2) is 6.10 Å². The van der Waals surface area contributed by atoms with Gasteiger partial charge in [0.2, 0.25) is 0 Å². The van der Waals surface area contributed by atoms with Crippen LogP contribution in [0.1, 0.15) is 11.1 Å². The fraction of sp³-hybridized carbons (Fsp3) is 0.240. The van der Waals surface area contributed by atoms with Gasteiger partial charge < -0.3 is 14.8 Å². The van der Waals surface area contributed by atoms with Crippen LogP contribution in [-0.4, -0.2) is 40.1 Å². The Bertz CT molecular complexity index is 1200. The SMILES string of the molecule is Cc1ccc2c(c1)O[C@H](C(=O)NCCOCc1ccccc1)CN2S(=O)(=O)c1ccccc1. The van der Waals surface area contributed by atoms with E-state index in [9.17, 15) is 13.2 Å². The second-order valence-electron chi connectivity index (χ2n) is 7.76. The average molecular weight is 467 g/mol. The second kappa shape index (κ2) is 10.1. The summed E-state index contributed by atoms with van der Waals surface area (Å²) in [7, 11) is -3.87. The number of benzene rings is 3. The molecule has 0 bridgehead atoms. The Hall–Kier alpha value is -3.36. The van der Waals surface area contributed by atoms with E-state index in [1.54, 1.807) is 30.3 Å². The first-order valence-electron chi connectivity index (χ1n) is 10.7. The average Bonchev–Trinajstić information content (AvgIpc) is 2.84. The number of aryl methyl sites for hydroxylation is 1. The van der Waals surface area contributed by atoms with E-state index in [1.807, 2.05) is 43.3 Å². The first-order valence-corrected chi connectivity index (χ1v) is 12.1. The van der Waals surface area contributed by atoms with Gasteiger partial charge in [-0.3, -0.25) is 9.10 Å². The molecule has 0 saturated carbocycles. The molecule has 3 aromatic rings. The Morgan fingerprint density at radius 3 is 2.48 bits per heavy atom. The van der Waals surface area contributed by atoms with Gasteiger partial charge in [-0.25, -0.2) is 8.42 Å². The second-order valence-corrected chi connectivity index (χ2v) is 9.62. The number of ether oxygens (including phenoxy) is 2. The van der Waals surface area contributed by atoms with Gasteiger partial charge in [0.25, 0.3) is 15.9 Å². The molecule has 33 heavy (non-hydrogen) atoms. The van der Waals surface area contributed by atoms with E-state index in [-0.39, 0.29) is 18.0 Å². The van der Waals surface area contributed by atoms with Crippen molar-refractivity contribution in [1.29, 1.82) is 0 Å². The molecule has 7 nitrogen and oxygen atoms in total. The molecular weight excluding hydrogens is 440 g/mol. The van der Waals surface area contributed by atoms with E-state index in [2.05, 4.69) is 5.32 Å². The van der Waals surface area contributed by atoms with Crippen molar-refractivity contribution in [3.63, 3.8) is 0 Å². The largest absolute Gasteiger partial charge is 0.476 e. The van der Waals surface area contributed by atoms with E-state index in [0.717, 1.165) is 11.1 Å². The number of hydrogen-bond donors (Lipinski definition) is 1. The molecule has 1 N–H and O–H groups in total. The lowest BCUT2D eigenvalue weighted by atomic mass is 10.1. The van der Waals surface area contributed by atoms with E-state index in [0.29, 0.717) is 24.7 Å². The zero-order chi connectivity index (χ0) is 23.3. The van der Waals surface area contributed by atoms with Crippen molar-refractivity contribution >= 4 is 21.6 Å². The summed E-state index contributed by atoms with van der Waals surface area (Å²) in [6.45, 7) is 2.83. The predicted octanol–water partition coefficient (Wildman–Crippen LogP) is 3.28. The van der Waals surface area contributed by atoms with Crippen LogP contribution in [0.15, 0.2) is 83.8 Å². The normalized spacial score (nSPS) is 15.4. The minimum atomic E-state index is -3.87. The fourth-order valence-electron chi connectivity index (χ4n) is 3.57. The smallest absolute Gasteiger partial charge is 0.264 e. The highest BCUT2D eigenvalue weighted by Gasteiger charge is 2.37. The molecule has 0 radical (unpaired) electrons. The van der Waals surface area contributed by atoms with Crippen molar-refractivity contribution < 1.29 is 22.7 Å².